The zero-order chi connectivity index (χ0) is 28.2. The zero-order valence-electron chi connectivity index (χ0n) is 21.8. The Hall–Kier alpha value is -3.30. The van der Waals surface area contributed by atoms with Gasteiger partial charge >= 0.3 is 11.9 Å². The molecular weight excluding hydrogens is 577 g/mol. The molecule has 0 aliphatic rings. The fraction of sp³-hybridized carbons (Fsp3) is 0.125. The summed E-state index contributed by atoms with van der Waals surface area (Å²) in [7, 11) is 0. The van der Waals surface area contributed by atoms with E-state index in [1.807, 2.05) is 42.8 Å². The van der Waals surface area contributed by atoms with Crippen LogP contribution < -0.4 is 0 Å². The van der Waals surface area contributed by atoms with Crippen LogP contribution in [0.2, 0.25) is 0 Å². The van der Waals surface area contributed by atoms with Crippen LogP contribution >= 0.6 is 46.2 Å². The number of carboxylic acids is 2. The molecule has 2 N–H and O–H groups in total. The minimum absolute atomic E-state index is 0.0710. The van der Waals surface area contributed by atoms with Crippen molar-refractivity contribution in [3.63, 3.8) is 0 Å². The van der Waals surface area contributed by atoms with Crippen molar-refractivity contribution in [1.82, 2.24) is 0 Å². The molecule has 0 atom stereocenters. The maximum Gasteiger partial charge on any atom is 0.307 e. The molecule has 0 radical (unpaired) electrons. The summed E-state index contributed by atoms with van der Waals surface area (Å²) in [5.74, 6) is -1.75. The Bertz CT molecular complexity index is 1540. The number of carboxylic acid groups (broad SMARTS) is 2. The highest BCUT2D eigenvalue weighted by Crippen LogP contribution is 2.43. The predicted octanol–water partition coefficient (Wildman–Crippen LogP) is 9.18. The van der Waals surface area contributed by atoms with Crippen LogP contribution in [0.5, 0.6) is 0 Å². The largest absolute Gasteiger partial charge is 0.481 e. The number of rotatable bonds is 10. The fourth-order valence-electron chi connectivity index (χ4n) is 4.53. The number of thiophene rings is 2. The van der Waals surface area contributed by atoms with Crippen LogP contribution in [0, 0.1) is 0 Å². The lowest BCUT2D eigenvalue weighted by Gasteiger charge is -2.07. The zero-order valence-corrected chi connectivity index (χ0v) is 25.1. The predicted molar refractivity (Wildman–Crippen MR) is 170 cm³/mol. The first-order valence-corrected chi connectivity index (χ1v) is 16.5. The van der Waals surface area contributed by atoms with Gasteiger partial charge in [-0.15, -0.1) is 46.2 Å². The van der Waals surface area contributed by atoms with Gasteiger partial charge in [0.05, 0.1) is 12.8 Å². The van der Waals surface area contributed by atoms with E-state index in [1.165, 1.54) is 9.79 Å². The first kappa shape index (κ1) is 28.2. The van der Waals surface area contributed by atoms with Crippen LogP contribution in [0.1, 0.15) is 11.1 Å². The molecule has 0 saturated carbocycles. The van der Waals surface area contributed by atoms with Crippen LogP contribution in [0.15, 0.2) is 94.7 Å². The summed E-state index contributed by atoms with van der Waals surface area (Å²) in [4.78, 5) is 29.7. The molecule has 0 amide bonds. The average Bonchev–Trinajstić information content (AvgIpc) is 3.57. The number of aliphatic carboxylic acids is 2. The third kappa shape index (κ3) is 6.36. The molecular formula is C32H26O4S4. The van der Waals surface area contributed by atoms with Gasteiger partial charge in [0.25, 0.3) is 0 Å². The van der Waals surface area contributed by atoms with Crippen molar-refractivity contribution in [2.75, 3.05) is 12.5 Å². The lowest BCUT2D eigenvalue weighted by Crippen LogP contribution is -2.00. The van der Waals surface area contributed by atoms with Crippen LogP contribution in [-0.2, 0) is 22.4 Å². The Morgan fingerprint density at radius 3 is 1.35 bits per heavy atom. The molecule has 0 fully saturated rings. The third-order valence-electron chi connectivity index (χ3n) is 6.44. The summed E-state index contributed by atoms with van der Waals surface area (Å²) in [6, 6.07) is 28.5. The number of hydrogen-bond acceptors (Lipinski definition) is 6. The first-order chi connectivity index (χ1) is 19.3. The second kappa shape index (κ2) is 12.5. The van der Waals surface area contributed by atoms with Crippen molar-refractivity contribution in [2.45, 2.75) is 22.6 Å². The highest BCUT2D eigenvalue weighted by molar-refractivity contribution is 7.98. The molecule has 3 aromatic carbocycles. The van der Waals surface area contributed by atoms with E-state index in [0.29, 0.717) is 0 Å². The summed E-state index contributed by atoms with van der Waals surface area (Å²) in [6.45, 7) is 0. The van der Waals surface area contributed by atoms with Crippen LogP contribution in [0.3, 0.4) is 0 Å². The molecule has 0 unspecified atom stereocenters. The highest BCUT2D eigenvalue weighted by Gasteiger charge is 2.19. The molecule has 8 heteroatoms. The van der Waals surface area contributed by atoms with E-state index in [0.717, 1.165) is 52.9 Å². The summed E-state index contributed by atoms with van der Waals surface area (Å²) in [6.07, 6.45) is 3.93. The molecule has 5 rings (SSSR count). The summed E-state index contributed by atoms with van der Waals surface area (Å²) >= 11 is 6.53. The topological polar surface area (TPSA) is 74.6 Å². The van der Waals surface area contributed by atoms with Crippen molar-refractivity contribution in [3.05, 3.63) is 96.1 Å². The van der Waals surface area contributed by atoms with Gasteiger partial charge in [0.2, 0.25) is 0 Å². The molecule has 0 aliphatic carbocycles. The van der Waals surface area contributed by atoms with E-state index in [1.54, 1.807) is 46.2 Å². The second-order valence-electron chi connectivity index (χ2n) is 9.11. The Morgan fingerprint density at radius 2 is 1.00 bits per heavy atom. The fourth-order valence-corrected chi connectivity index (χ4v) is 7.71. The van der Waals surface area contributed by atoms with Crippen molar-refractivity contribution >= 4 is 58.1 Å². The van der Waals surface area contributed by atoms with Gasteiger partial charge in [-0.2, -0.15) is 0 Å². The summed E-state index contributed by atoms with van der Waals surface area (Å²) < 4.78 is 0. The summed E-state index contributed by atoms with van der Waals surface area (Å²) in [5.41, 5.74) is 5.49. The smallest absolute Gasteiger partial charge is 0.307 e. The van der Waals surface area contributed by atoms with E-state index in [2.05, 4.69) is 54.6 Å². The van der Waals surface area contributed by atoms with E-state index in [9.17, 15) is 19.8 Å². The number of hydrogen-bond donors (Lipinski definition) is 2. The molecule has 0 spiro atoms. The first-order valence-electron chi connectivity index (χ1n) is 12.4. The molecule has 5 aromatic rings. The van der Waals surface area contributed by atoms with Crippen molar-refractivity contribution in [1.29, 1.82) is 0 Å². The monoisotopic (exact) mass is 602 g/mol. The van der Waals surface area contributed by atoms with E-state index < -0.39 is 11.9 Å². The molecule has 202 valence electrons. The average molecular weight is 603 g/mol. The maximum atomic E-state index is 11.7. The van der Waals surface area contributed by atoms with Gasteiger partial charge in [0, 0.05) is 29.3 Å². The van der Waals surface area contributed by atoms with E-state index in [-0.39, 0.29) is 12.8 Å². The SMILES string of the molecule is CSc1ccc(-c2cc(CC(=O)O)c(-c3cccc(-c4sc(-c5ccc(SC)cc5)cc4CC(=O)O)c3)s2)cc1. The van der Waals surface area contributed by atoms with E-state index >= 15 is 0 Å². The quantitative estimate of drug-likeness (QED) is 0.155. The number of thioether (sulfide) groups is 2. The third-order valence-corrected chi connectivity index (χ3v) is 10.5. The molecule has 0 bridgehead atoms. The lowest BCUT2D eigenvalue weighted by molar-refractivity contribution is -0.137. The molecule has 2 aromatic heterocycles. The van der Waals surface area contributed by atoms with Gasteiger partial charge in [-0.3, -0.25) is 9.59 Å². The standard InChI is InChI=1S/C32H26O4S4/c1-37-25-10-6-19(7-11-25)27-15-23(17-29(33)34)31(39-27)21-4-3-5-22(14-21)32-24(18-30(35)36)16-28(40-32)20-8-12-26(38-2)13-9-20/h3-16H,17-18H2,1-2H3,(H,33,34)(H,35,36). The Balaban J connectivity index is 1.57. The Morgan fingerprint density at radius 1 is 0.600 bits per heavy atom. The van der Waals surface area contributed by atoms with Gasteiger partial charge < -0.3 is 10.2 Å². The number of benzene rings is 3. The molecule has 40 heavy (non-hydrogen) atoms. The molecule has 4 nitrogen and oxygen atoms in total. The highest BCUT2D eigenvalue weighted by atomic mass is 32.2. The Labute approximate surface area is 249 Å². The van der Waals surface area contributed by atoms with Gasteiger partial charge in [0.15, 0.2) is 0 Å². The second-order valence-corrected chi connectivity index (χ2v) is 13.0. The Kier molecular flexibility index (Phi) is 8.81. The maximum absolute atomic E-state index is 11.7. The summed E-state index contributed by atoms with van der Waals surface area (Å²) in [5, 5.41) is 19.3. The van der Waals surface area contributed by atoms with Crippen molar-refractivity contribution in [3.8, 4) is 41.8 Å². The van der Waals surface area contributed by atoms with Crippen LogP contribution in [0.25, 0.3) is 41.8 Å². The molecule has 2 heterocycles. The van der Waals surface area contributed by atoms with Crippen LogP contribution in [0.4, 0.5) is 0 Å². The minimum Gasteiger partial charge on any atom is -0.481 e. The number of carbonyl (C=O) groups is 2. The van der Waals surface area contributed by atoms with Crippen LogP contribution in [-0.4, -0.2) is 34.7 Å². The van der Waals surface area contributed by atoms with Gasteiger partial charge in [-0.25, -0.2) is 0 Å². The molecule has 0 saturated heterocycles. The van der Waals surface area contributed by atoms with Gasteiger partial charge in [-0.05, 0) is 88.4 Å². The van der Waals surface area contributed by atoms with E-state index in [4.69, 9.17) is 0 Å². The van der Waals surface area contributed by atoms with Gasteiger partial charge in [-0.1, -0.05) is 42.5 Å². The van der Waals surface area contributed by atoms with Crippen molar-refractivity contribution in [2.24, 2.45) is 0 Å². The van der Waals surface area contributed by atoms with Crippen molar-refractivity contribution < 1.29 is 19.8 Å². The normalized spacial score (nSPS) is 11.1. The minimum atomic E-state index is -0.876. The van der Waals surface area contributed by atoms with Gasteiger partial charge in [0.1, 0.15) is 0 Å². The lowest BCUT2D eigenvalue weighted by atomic mass is 10.0. The molecule has 0 aliphatic heterocycles.